The van der Waals surface area contributed by atoms with Gasteiger partial charge in [0.15, 0.2) is 11.5 Å². The van der Waals surface area contributed by atoms with Crippen molar-refractivity contribution >= 4 is 34.1 Å². The summed E-state index contributed by atoms with van der Waals surface area (Å²) in [5, 5.41) is 10.8. The second-order valence-corrected chi connectivity index (χ2v) is 9.67. The lowest BCUT2D eigenvalue weighted by Crippen LogP contribution is -2.40. The summed E-state index contributed by atoms with van der Waals surface area (Å²) < 4.78 is 11.7. The first-order chi connectivity index (χ1) is 18.9. The number of aromatic nitrogens is 1. The van der Waals surface area contributed by atoms with E-state index in [2.05, 4.69) is 27.9 Å². The zero-order chi connectivity index (χ0) is 27.8. The van der Waals surface area contributed by atoms with E-state index in [0.717, 1.165) is 60.2 Å². The quantitative estimate of drug-likeness (QED) is 0.277. The van der Waals surface area contributed by atoms with Crippen LogP contribution in [-0.4, -0.2) is 43.1 Å². The van der Waals surface area contributed by atoms with Crippen molar-refractivity contribution < 1.29 is 19.1 Å². The van der Waals surface area contributed by atoms with E-state index in [1.54, 1.807) is 6.20 Å². The predicted molar refractivity (Wildman–Crippen MR) is 154 cm³/mol. The standard InChI is InChI=1S/C30H39N5O4/c1-4-22-19(17-34-30(37)20-10-8-12-32-16-20)9-7-11-24(22)35-29-21(13-28(31)36)18-33-25-15-27(39-6-3)26(38-5-2)14-23(25)29/h7,9,11,14-15,18,20,32H,4-6,8,10,12-13,16-17H2,1-3H3,(H2,31,36)(H,33,35)(H,34,37)/t20-/m0/s1. The Morgan fingerprint density at radius 2 is 1.87 bits per heavy atom. The van der Waals surface area contributed by atoms with Crippen molar-refractivity contribution in [3.8, 4) is 11.5 Å². The molecule has 9 heteroatoms. The van der Waals surface area contributed by atoms with Crippen LogP contribution in [0.4, 0.5) is 11.4 Å². The molecule has 4 rings (SSSR count). The number of amides is 2. The zero-order valence-electron chi connectivity index (χ0n) is 23.1. The number of hydrogen-bond donors (Lipinski definition) is 4. The molecular formula is C30H39N5O4. The summed E-state index contributed by atoms with van der Waals surface area (Å²) in [4.78, 5) is 29.3. The SMILES string of the molecule is CCOc1cc2ncc(CC(N)=O)c(Nc3cccc(CNC(=O)[C@H]4CCCNC4)c3CC)c2cc1OCC. The molecule has 1 aromatic heterocycles. The number of nitrogens with one attached hydrogen (secondary N) is 3. The number of pyridine rings is 1. The van der Waals surface area contributed by atoms with Crippen LogP contribution >= 0.6 is 0 Å². The van der Waals surface area contributed by atoms with Gasteiger partial charge < -0.3 is 31.2 Å². The normalized spacial score (nSPS) is 15.1. The summed E-state index contributed by atoms with van der Waals surface area (Å²) in [5.74, 6) is 0.871. The molecule has 9 nitrogen and oxygen atoms in total. The highest BCUT2D eigenvalue weighted by atomic mass is 16.5. The molecule has 0 unspecified atom stereocenters. The van der Waals surface area contributed by atoms with Crippen molar-refractivity contribution in [3.05, 3.63) is 53.2 Å². The minimum atomic E-state index is -0.445. The van der Waals surface area contributed by atoms with Gasteiger partial charge in [-0.2, -0.15) is 0 Å². The van der Waals surface area contributed by atoms with Crippen molar-refractivity contribution in [3.63, 3.8) is 0 Å². The van der Waals surface area contributed by atoms with Crippen LogP contribution in [0.3, 0.4) is 0 Å². The number of rotatable bonds is 12. The Labute approximate surface area is 229 Å². The molecule has 2 amide bonds. The summed E-state index contributed by atoms with van der Waals surface area (Å²) in [7, 11) is 0. The Kier molecular flexibility index (Phi) is 9.59. The van der Waals surface area contributed by atoms with Gasteiger partial charge in [-0.1, -0.05) is 19.1 Å². The number of ether oxygens (including phenoxy) is 2. The van der Waals surface area contributed by atoms with Gasteiger partial charge in [-0.05, 0) is 62.9 Å². The van der Waals surface area contributed by atoms with Crippen molar-refractivity contribution in [2.75, 3.05) is 31.6 Å². The van der Waals surface area contributed by atoms with Crippen molar-refractivity contribution in [1.82, 2.24) is 15.6 Å². The van der Waals surface area contributed by atoms with E-state index in [1.807, 2.05) is 44.2 Å². The van der Waals surface area contributed by atoms with E-state index >= 15 is 0 Å². The number of primary amides is 1. The molecule has 0 bridgehead atoms. The molecule has 1 saturated heterocycles. The number of benzene rings is 2. The molecule has 208 valence electrons. The molecule has 1 atom stereocenters. The summed E-state index contributed by atoms with van der Waals surface area (Å²) in [6.45, 7) is 9.05. The lowest BCUT2D eigenvalue weighted by Gasteiger charge is -2.23. The van der Waals surface area contributed by atoms with Crippen LogP contribution in [0.15, 0.2) is 36.5 Å². The minimum absolute atomic E-state index is 0.00536. The Morgan fingerprint density at radius 1 is 1.10 bits per heavy atom. The predicted octanol–water partition coefficient (Wildman–Crippen LogP) is 3.98. The van der Waals surface area contributed by atoms with E-state index in [4.69, 9.17) is 15.2 Å². The first-order valence-electron chi connectivity index (χ1n) is 13.8. The Hall–Kier alpha value is -3.85. The van der Waals surface area contributed by atoms with E-state index in [0.29, 0.717) is 42.3 Å². The smallest absolute Gasteiger partial charge is 0.224 e. The highest BCUT2D eigenvalue weighted by molar-refractivity contribution is 5.98. The molecular weight excluding hydrogens is 494 g/mol. The Morgan fingerprint density at radius 3 is 2.54 bits per heavy atom. The molecule has 0 aliphatic carbocycles. The van der Waals surface area contributed by atoms with Crippen molar-refractivity contribution in [1.29, 1.82) is 0 Å². The average Bonchev–Trinajstić information content (AvgIpc) is 2.94. The van der Waals surface area contributed by atoms with E-state index in [9.17, 15) is 9.59 Å². The Bertz CT molecular complexity index is 1320. The van der Waals surface area contributed by atoms with Gasteiger partial charge >= 0.3 is 0 Å². The summed E-state index contributed by atoms with van der Waals surface area (Å²) in [6, 6.07) is 9.78. The first-order valence-corrected chi connectivity index (χ1v) is 13.8. The van der Waals surface area contributed by atoms with Gasteiger partial charge in [0.1, 0.15) is 0 Å². The lowest BCUT2D eigenvalue weighted by molar-refractivity contribution is -0.125. The lowest BCUT2D eigenvalue weighted by atomic mass is 9.98. The van der Waals surface area contributed by atoms with Crippen LogP contribution in [0.5, 0.6) is 11.5 Å². The molecule has 5 N–H and O–H groups in total. The number of piperidine rings is 1. The fourth-order valence-electron chi connectivity index (χ4n) is 5.12. The van der Waals surface area contributed by atoms with Gasteiger partial charge in [0.2, 0.25) is 11.8 Å². The monoisotopic (exact) mass is 533 g/mol. The summed E-state index contributed by atoms with van der Waals surface area (Å²) >= 11 is 0. The number of fused-ring (bicyclic) bond motifs is 1. The maximum Gasteiger partial charge on any atom is 0.224 e. The summed E-state index contributed by atoms with van der Waals surface area (Å²) in [6.07, 6.45) is 4.40. The second kappa shape index (κ2) is 13.3. The maximum absolute atomic E-state index is 12.8. The summed E-state index contributed by atoms with van der Waals surface area (Å²) in [5.41, 5.74) is 10.8. The van der Waals surface area contributed by atoms with Gasteiger partial charge in [-0.25, -0.2) is 0 Å². The van der Waals surface area contributed by atoms with Crippen LogP contribution in [0, 0.1) is 5.92 Å². The molecule has 0 spiro atoms. The third-order valence-corrected chi connectivity index (χ3v) is 6.98. The minimum Gasteiger partial charge on any atom is -0.490 e. The maximum atomic E-state index is 12.8. The third-order valence-electron chi connectivity index (χ3n) is 6.98. The van der Waals surface area contributed by atoms with Crippen molar-refractivity contribution in [2.45, 2.75) is 53.0 Å². The number of carbonyl (C=O) groups is 2. The fraction of sp³-hybridized carbons (Fsp3) is 0.433. The van der Waals surface area contributed by atoms with Crippen LogP contribution in [0.2, 0.25) is 0 Å². The number of nitrogens with two attached hydrogens (primary N) is 1. The van der Waals surface area contributed by atoms with E-state index < -0.39 is 5.91 Å². The molecule has 2 heterocycles. The number of carbonyl (C=O) groups excluding carboxylic acids is 2. The highest BCUT2D eigenvalue weighted by Crippen LogP contribution is 2.38. The molecule has 3 aromatic rings. The van der Waals surface area contributed by atoms with Gasteiger partial charge in [0, 0.05) is 42.0 Å². The van der Waals surface area contributed by atoms with Crippen molar-refractivity contribution in [2.24, 2.45) is 11.7 Å². The molecule has 39 heavy (non-hydrogen) atoms. The van der Waals surface area contributed by atoms with Gasteiger partial charge in [-0.3, -0.25) is 14.6 Å². The third kappa shape index (κ3) is 6.78. The zero-order valence-corrected chi connectivity index (χ0v) is 23.1. The largest absolute Gasteiger partial charge is 0.490 e. The topological polar surface area (TPSA) is 128 Å². The van der Waals surface area contributed by atoms with Gasteiger partial charge in [0.25, 0.3) is 0 Å². The number of anilines is 2. The number of hydrogen-bond acceptors (Lipinski definition) is 7. The van der Waals surface area contributed by atoms with Gasteiger partial charge in [0.05, 0.1) is 36.8 Å². The molecule has 1 aliphatic rings. The second-order valence-electron chi connectivity index (χ2n) is 9.67. The first kappa shape index (κ1) is 28.2. The van der Waals surface area contributed by atoms with Crippen LogP contribution in [0.1, 0.15) is 50.3 Å². The molecule has 0 radical (unpaired) electrons. The molecule has 1 aliphatic heterocycles. The van der Waals surface area contributed by atoms with E-state index in [-0.39, 0.29) is 18.2 Å². The average molecular weight is 534 g/mol. The van der Waals surface area contributed by atoms with Crippen LogP contribution in [-0.2, 0) is 29.0 Å². The van der Waals surface area contributed by atoms with E-state index in [1.165, 1.54) is 0 Å². The van der Waals surface area contributed by atoms with Gasteiger partial charge in [-0.15, -0.1) is 0 Å². The fourth-order valence-corrected chi connectivity index (χ4v) is 5.12. The van der Waals surface area contributed by atoms with Crippen LogP contribution < -0.4 is 31.2 Å². The molecule has 0 saturated carbocycles. The highest BCUT2D eigenvalue weighted by Gasteiger charge is 2.21. The number of nitrogens with zero attached hydrogens (tertiary/aromatic N) is 1. The molecule has 1 fully saturated rings. The molecule has 2 aromatic carbocycles. The Balaban J connectivity index is 1.71. The van der Waals surface area contributed by atoms with Crippen LogP contribution in [0.25, 0.3) is 10.9 Å².